The lowest BCUT2D eigenvalue weighted by molar-refractivity contribution is -0.138. The monoisotopic (exact) mass is 415 g/mol. The van der Waals surface area contributed by atoms with Crippen molar-refractivity contribution < 1.29 is 28.3 Å². The van der Waals surface area contributed by atoms with Gasteiger partial charge in [0.05, 0.1) is 11.2 Å². The van der Waals surface area contributed by atoms with Crippen LogP contribution in [0.15, 0.2) is 42.5 Å². The van der Waals surface area contributed by atoms with Crippen LogP contribution < -0.4 is 15.9 Å². The molecule has 1 heterocycles. The number of carboxylic acid groups (broad SMARTS) is 1. The van der Waals surface area contributed by atoms with E-state index in [2.05, 4.69) is 0 Å². The molecule has 0 bridgehead atoms. The van der Waals surface area contributed by atoms with Gasteiger partial charge in [-0.05, 0) is 51.3 Å². The first kappa shape index (κ1) is 22.3. The molecule has 1 aliphatic rings. The number of hydrogen-bond acceptors (Lipinski definition) is 5. The van der Waals surface area contributed by atoms with Crippen LogP contribution in [0.5, 0.6) is 5.75 Å². The average Bonchev–Trinajstić information content (AvgIpc) is 2.88. The van der Waals surface area contributed by atoms with Crippen LogP contribution in [0.25, 0.3) is 0 Å². The molecule has 1 fully saturated rings. The Morgan fingerprint density at radius 1 is 1.13 bits per heavy atom. The van der Waals surface area contributed by atoms with Crippen molar-refractivity contribution in [3.8, 4) is 5.75 Å². The number of nitrogens with two attached hydrogens (primary N) is 1. The molecule has 6 nitrogen and oxygen atoms in total. The van der Waals surface area contributed by atoms with Crippen molar-refractivity contribution in [2.45, 2.75) is 58.0 Å². The molecule has 0 aliphatic carbocycles. The summed E-state index contributed by atoms with van der Waals surface area (Å²) in [7, 11) is -0.865. The van der Waals surface area contributed by atoms with Crippen LogP contribution in [0.3, 0.4) is 0 Å². The zero-order chi connectivity index (χ0) is 22.1. The maximum atomic E-state index is 15.1. The zero-order valence-corrected chi connectivity index (χ0v) is 17.6. The average molecular weight is 415 g/mol. The SMILES string of the molecule is CC1(C)OB(c2cc(CC(N)C(=O)O)cc(F)c2OCc2ccccc2)OC1(C)C. The maximum absolute atomic E-state index is 15.1. The van der Waals surface area contributed by atoms with Gasteiger partial charge in [0, 0.05) is 5.46 Å². The lowest BCUT2D eigenvalue weighted by Gasteiger charge is -2.32. The quantitative estimate of drug-likeness (QED) is 0.676. The molecule has 1 atom stereocenters. The van der Waals surface area contributed by atoms with Gasteiger partial charge in [-0.1, -0.05) is 36.4 Å². The lowest BCUT2D eigenvalue weighted by atomic mass is 9.77. The molecule has 1 saturated heterocycles. The van der Waals surface area contributed by atoms with E-state index in [1.807, 2.05) is 58.0 Å². The molecule has 160 valence electrons. The van der Waals surface area contributed by atoms with Gasteiger partial charge in [0.25, 0.3) is 0 Å². The summed E-state index contributed by atoms with van der Waals surface area (Å²) in [5.74, 6) is -1.76. The highest BCUT2D eigenvalue weighted by Gasteiger charge is 2.52. The Morgan fingerprint density at radius 2 is 1.73 bits per heavy atom. The van der Waals surface area contributed by atoms with Gasteiger partial charge in [0.2, 0.25) is 0 Å². The van der Waals surface area contributed by atoms with Crippen molar-refractivity contribution >= 4 is 18.6 Å². The Labute approximate surface area is 176 Å². The van der Waals surface area contributed by atoms with Crippen LogP contribution in [-0.4, -0.2) is 35.4 Å². The number of benzene rings is 2. The van der Waals surface area contributed by atoms with E-state index < -0.39 is 36.1 Å². The first-order chi connectivity index (χ1) is 14.0. The highest BCUT2D eigenvalue weighted by atomic mass is 19.1. The van der Waals surface area contributed by atoms with Crippen molar-refractivity contribution in [3.63, 3.8) is 0 Å². The summed E-state index contributed by atoms with van der Waals surface area (Å²) < 4.78 is 33.1. The highest BCUT2D eigenvalue weighted by molar-refractivity contribution is 6.63. The first-order valence-electron chi connectivity index (χ1n) is 9.83. The Bertz CT molecular complexity index is 903. The number of halogens is 1. The number of carbonyl (C=O) groups is 1. The summed E-state index contributed by atoms with van der Waals surface area (Å²) in [5.41, 5.74) is 6.08. The van der Waals surface area contributed by atoms with Crippen LogP contribution in [0.4, 0.5) is 4.39 Å². The van der Waals surface area contributed by atoms with Crippen molar-refractivity contribution in [1.82, 2.24) is 0 Å². The molecule has 3 N–H and O–H groups in total. The Kier molecular flexibility index (Phi) is 6.22. The molecule has 0 radical (unpaired) electrons. The summed E-state index contributed by atoms with van der Waals surface area (Å²) in [4.78, 5) is 11.1. The van der Waals surface area contributed by atoms with Gasteiger partial charge < -0.3 is 24.9 Å². The number of carboxylic acids is 1. The molecule has 3 rings (SSSR count). The van der Waals surface area contributed by atoms with Crippen LogP contribution in [0.1, 0.15) is 38.8 Å². The molecule has 2 aromatic rings. The standard InChI is InChI=1S/C22H27BFNO5/c1-21(2)22(3,4)30-23(29-21)16-10-15(12-18(25)20(26)27)11-17(24)19(16)28-13-14-8-6-5-7-9-14/h5-11,18H,12-13,25H2,1-4H3,(H,26,27). The predicted octanol–water partition coefficient (Wildman–Crippen LogP) is 2.66. The van der Waals surface area contributed by atoms with Crippen molar-refractivity contribution in [3.05, 3.63) is 59.4 Å². The molecule has 30 heavy (non-hydrogen) atoms. The van der Waals surface area contributed by atoms with Gasteiger partial charge in [-0.3, -0.25) is 4.79 Å². The minimum Gasteiger partial charge on any atom is -0.486 e. The Morgan fingerprint density at radius 3 is 2.30 bits per heavy atom. The molecule has 1 unspecified atom stereocenters. The summed E-state index contributed by atoms with van der Waals surface area (Å²) in [6.45, 7) is 7.77. The van der Waals surface area contributed by atoms with E-state index in [0.29, 0.717) is 11.0 Å². The largest absolute Gasteiger partial charge is 0.498 e. The molecule has 0 spiro atoms. The van der Waals surface area contributed by atoms with Crippen LogP contribution >= 0.6 is 0 Å². The number of ether oxygens (including phenoxy) is 1. The van der Waals surface area contributed by atoms with E-state index in [9.17, 15) is 4.79 Å². The minimum atomic E-state index is -1.16. The molecule has 0 aromatic heterocycles. The number of aliphatic carboxylic acids is 1. The van der Waals surface area contributed by atoms with Crippen LogP contribution in [0, 0.1) is 5.82 Å². The zero-order valence-electron chi connectivity index (χ0n) is 17.6. The predicted molar refractivity (Wildman–Crippen MR) is 112 cm³/mol. The fourth-order valence-electron chi connectivity index (χ4n) is 3.16. The van der Waals surface area contributed by atoms with Crippen LogP contribution in [-0.2, 0) is 27.1 Å². The molecular weight excluding hydrogens is 388 g/mol. The second kappa shape index (κ2) is 8.37. The van der Waals surface area contributed by atoms with Gasteiger partial charge in [0.15, 0.2) is 11.6 Å². The summed E-state index contributed by atoms with van der Waals surface area (Å²) in [5, 5.41) is 9.10. The molecule has 2 aromatic carbocycles. The van der Waals surface area contributed by atoms with Gasteiger partial charge >= 0.3 is 13.1 Å². The first-order valence-corrected chi connectivity index (χ1v) is 9.83. The maximum Gasteiger partial charge on any atom is 0.498 e. The Hall–Kier alpha value is -2.42. The summed E-state index contributed by atoms with van der Waals surface area (Å²) in [6, 6.07) is 11.2. The van der Waals surface area contributed by atoms with E-state index in [1.54, 1.807) is 6.07 Å². The third-order valence-corrected chi connectivity index (χ3v) is 5.64. The lowest BCUT2D eigenvalue weighted by Crippen LogP contribution is -2.41. The van der Waals surface area contributed by atoms with E-state index in [-0.39, 0.29) is 18.8 Å². The molecule has 8 heteroatoms. The van der Waals surface area contributed by atoms with E-state index in [0.717, 1.165) is 5.56 Å². The van der Waals surface area contributed by atoms with Gasteiger partial charge in [-0.15, -0.1) is 0 Å². The number of rotatable bonds is 7. The van der Waals surface area contributed by atoms with E-state index in [4.69, 9.17) is 24.9 Å². The van der Waals surface area contributed by atoms with Gasteiger partial charge in [0.1, 0.15) is 12.6 Å². The second-order valence-corrected chi connectivity index (χ2v) is 8.51. The normalized spacial score (nSPS) is 18.3. The molecule has 0 amide bonds. The fourth-order valence-corrected chi connectivity index (χ4v) is 3.16. The number of hydrogen-bond donors (Lipinski definition) is 2. The summed E-state index contributed by atoms with van der Waals surface area (Å²) in [6.07, 6.45) is -0.0300. The van der Waals surface area contributed by atoms with Crippen molar-refractivity contribution in [1.29, 1.82) is 0 Å². The van der Waals surface area contributed by atoms with Gasteiger partial charge in [-0.25, -0.2) is 4.39 Å². The third-order valence-electron chi connectivity index (χ3n) is 5.64. The van der Waals surface area contributed by atoms with Gasteiger partial charge in [-0.2, -0.15) is 0 Å². The molecule has 0 saturated carbocycles. The second-order valence-electron chi connectivity index (χ2n) is 8.51. The third kappa shape index (κ3) is 4.66. The van der Waals surface area contributed by atoms with E-state index >= 15 is 4.39 Å². The van der Waals surface area contributed by atoms with Crippen molar-refractivity contribution in [2.24, 2.45) is 5.73 Å². The smallest absolute Gasteiger partial charge is 0.486 e. The molecule has 1 aliphatic heterocycles. The Balaban J connectivity index is 1.97. The molecular formula is C22H27BFNO5. The highest BCUT2D eigenvalue weighted by Crippen LogP contribution is 2.37. The van der Waals surface area contributed by atoms with E-state index in [1.165, 1.54) is 6.07 Å². The summed E-state index contributed by atoms with van der Waals surface area (Å²) >= 11 is 0. The fraction of sp³-hybridized carbons (Fsp3) is 0.409. The van der Waals surface area contributed by atoms with Crippen molar-refractivity contribution in [2.75, 3.05) is 0 Å². The minimum absolute atomic E-state index is 0.0185. The van der Waals surface area contributed by atoms with Crippen LogP contribution in [0.2, 0.25) is 0 Å². The topological polar surface area (TPSA) is 91.0 Å².